The third-order valence-electron chi connectivity index (χ3n) is 1.42. The van der Waals surface area contributed by atoms with Gasteiger partial charge in [-0.15, -0.1) is 0 Å². The van der Waals surface area contributed by atoms with Gasteiger partial charge in [-0.1, -0.05) is 6.07 Å². The van der Waals surface area contributed by atoms with Crippen LogP contribution in [0, 0.1) is 5.82 Å². The van der Waals surface area contributed by atoms with Crippen molar-refractivity contribution < 1.29 is 4.39 Å². The van der Waals surface area contributed by atoms with E-state index in [1.165, 1.54) is 17.2 Å². The molecule has 0 bridgehead atoms. The number of fused-ring (bicyclic) bond motifs is 1. The average Bonchev–Trinajstić information content (AvgIpc) is 2.43. The fourth-order valence-electron chi connectivity index (χ4n) is 0.865. The van der Waals surface area contributed by atoms with E-state index in [2.05, 4.69) is 0 Å². The van der Waals surface area contributed by atoms with Gasteiger partial charge in [0.15, 0.2) is 0 Å². The molecule has 0 heterocycles. The van der Waals surface area contributed by atoms with E-state index in [-0.39, 0.29) is 12.0 Å². The summed E-state index contributed by atoms with van der Waals surface area (Å²) in [6, 6.07) is 4.94. The third kappa shape index (κ3) is 0.933. The number of halogens is 1. The predicted molar refractivity (Wildman–Crippen MR) is 34.2 cm³/mol. The highest BCUT2D eigenvalue weighted by molar-refractivity contribution is 5.44. The highest BCUT2D eigenvalue weighted by Gasteiger charge is 2.15. The smallest absolute Gasteiger partial charge is 0.123 e. The molecule has 2 heteroatoms. The first-order chi connectivity index (χ1) is 3.86. The normalized spacial score (nSPS) is 11.7. The first-order valence-electron chi connectivity index (χ1n) is 2.63. The third-order valence-corrected chi connectivity index (χ3v) is 1.42. The SMILES string of the molecule is Fc1ccc2c(c1)C2.N. The molecule has 1 aromatic rings. The van der Waals surface area contributed by atoms with Crippen molar-refractivity contribution in [3.8, 4) is 0 Å². The van der Waals surface area contributed by atoms with Crippen LogP contribution in [0.15, 0.2) is 18.2 Å². The van der Waals surface area contributed by atoms with Crippen LogP contribution in [0.1, 0.15) is 11.1 Å². The Kier molecular flexibility index (Phi) is 1.25. The van der Waals surface area contributed by atoms with Gasteiger partial charge in [-0.25, -0.2) is 4.39 Å². The Bertz CT molecular complexity index is 232. The second kappa shape index (κ2) is 1.81. The summed E-state index contributed by atoms with van der Waals surface area (Å²) in [5, 5.41) is 0. The second-order valence-electron chi connectivity index (χ2n) is 2.09. The van der Waals surface area contributed by atoms with Crippen molar-refractivity contribution in [3.05, 3.63) is 35.1 Å². The zero-order valence-corrected chi connectivity index (χ0v) is 5.02. The van der Waals surface area contributed by atoms with E-state index in [1.807, 2.05) is 6.07 Å². The quantitative estimate of drug-likeness (QED) is 0.573. The van der Waals surface area contributed by atoms with E-state index in [4.69, 9.17) is 0 Å². The summed E-state index contributed by atoms with van der Waals surface area (Å²) in [4.78, 5) is 0. The van der Waals surface area contributed by atoms with Crippen LogP contribution in [-0.2, 0) is 6.42 Å². The van der Waals surface area contributed by atoms with Gasteiger partial charge in [-0.05, 0) is 29.7 Å². The Morgan fingerprint density at radius 3 is 2.56 bits per heavy atom. The standard InChI is InChI=1S/C7H5F.H3N/c8-7-2-1-5-3-6(5)4-7;/h1-2,4H,3H2;1H3. The molecule has 0 fully saturated rings. The minimum Gasteiger partial charge on any atom is -0.344 e. The fraction of sp³-hybridized carbons (Fsp3) is 0.143. The molecule has 0 saturated carbocycles. The van der Waals surface area contributed by atoms with Gasteiger partial charge >= 0.3 is 0 Å². The lowest BCUT2D eigenvalue weighted by molar-refractivity contribution is 0.628. The molecular formula is C7H8FN. The molecule has 1 aliphatic carbocycles. The van der Waals surface area contributed by atoms with Crippen molar-refractivity contribution in [2.24, 2.45) is 0 Å². The van der Waals surface area contributed by atoms with Gasteiger partial charge < -0.3 is 6.15 Å². The lowest BCUT2D eigenvalue weighted by Crippen LogP contribution is -1.64. The Morgan fingerprint density at radius 2 is 2.00 bits per heavy atom. The van der Waals surface area contributed by atoms with Crippen molar-refractivity contribution in [1.29, 1.82) is 0 Å². The molecule has 1 nitrogen and oxygen atoms in total. The van der Waals surface area contributed by atoms with Crippen LogP contribution in [0.25, 0.3) is 0 Å². The van der Waals surface area contributed by atoms with Gasteiger partial charge in [0.05, 0.1) is 0 Å². The lowest BCUT2D eigenvalue weighted by atomic mass is 10.4. The van der Waals surface area contributed by atoms with Crippen LogP contribution in [0.5, 0.6) is 0 Å². The van der Waals surface area contributed by atoms with Crippen molar-refractivity contribution in [3.63, 3.8) is 0 Å². The maximum Gasteiger partial charge on any atom is 0.123 e. The molecule has 0 atom stereocenters. The van der Waals surface area contributed by atoms with Gasteiger partial charge in [-0.3, -0.25) is 0 Å². The van der Waals surface area contributed by atoms with Crippen molar-refractivity contribution >= 4 is 0 Å². The van der Waals surface area contributed by atoms with Gasteiger partial charge in [0.1, 0.15) is 5.82 Å². The minimum atomic E-state index is -0.110. The van der Waals surface area contributed by atoms with Gasteiger partial charge in [0, 0.05) is 0 Å². The zero-order chi connectivity index (χ0) is 5.56. The summed E-state index contributed by atoms with van der Waals surface area (Å²) in [7, 11) is 0. The van der Waals surface area contributed by atoms with Crippen molar-refractivity contribution in [2.45, 2.75) is 6.42 Å². The molecule has 2 rings (SSSR count). The van der Waals surface area contributed by atoms with E-state index in [0.29, 0.717) is 0 Å². The second-order valence-corrected chi connectivity index (χ2v) is 2.09. The van der Waals surface area contributed by atoms with Crippen molar-refractivity contribution in [1.82, 2.24) is 6.15 Å². The summed E-state index contributed by atoms with van der Waals surface area (Å²) < 4.78 is 12.2. The predicted octanol–water partition coefficient (Wildman–Crippen LogP) is 1.89. The van der Waals surface area contributed by atoms with E-state index < -0.39 is 0 Å². The highest BCUT2D eigenvalue weighted by atomic mass is 19.1. The average molecular weight is 125 g/mol. The monoisotopic (exact) mass is 125 g/mol. The van der Waals surface area contributed by atoms with Gasteiger partial charge in [-0.2, -0.15) is 0 Å². The fourth-order valence-corrected chi connectivity index (χ4v) is 0.865. The molecule has 0 aliphatic heterocycles. The number of hydrogen-bond acceptors (Lipinski definition) is 1. The van der Waals surface area contributed by atoms with E-state index in [1.54, 1.807) is 6.07 Å². The number of hydrogen-bond donors (Lipinski definition) is 1. The molecule has 0 unspecified atom stereocenters. The highest BCUT2D eigenvalue weighted by Crippen LogP contribution is 2.27. The van der Waals surface area contributed by atoms with Crippen LogP contribution in [-0.4, -0.2) is 0 Å². The summed E-state index contributed by atoms with van der Waals surface area (Å²) in [6.07, 6.45) is 1.00. The Labute approximate surface area is 53.1 Å². The number of rotatable bonds is 0. The Balaban J connectivity index is 0.000000405. The maximum absolute atomic E-state index is 12.2. The van der Waals surface area contributed by atoms with Gasteiger partial charge in [0.2, 0.25) is 0 Å². The molecule has 0 spiro atoms. The summed E-state index contributed by atoms with van der Waals surface area (Å²) >= 11 is 0. The molecule has 1 aliphatic rings. The molecule has 0 amide bonds. The van der Waals surface area contributed by atoms with Crippen molar-refractivity contribution in [2.75, 3.05) is 0 Å². The van der Waals surface area contributed by atoms with Gasteiger partial charge in [0.25, 0.3) is 0 Å². The minimum absolute atomic E-state index is 0. The summed E-state index contributed by atoms with van der Waals surface area (Å²) in [6.45, 7) is 0. The topological polar surface area (TPSA) is 35.0 Å². The molecule has 0 aromatic heterocycles. The van der Waals surface area contributed by atoms with Crippen LogP contribution in [0.4, 0.5) is 4.39 Å². The summed E-state index contributed by atoms with van der Waals surface area (Å²) in [5.74, 6) is -0.110. The van der Waals surface area contributed by atoms with E-state index in [9.17, 15) is 4.39 Å². The molecule has 3 N–H and O–H groups in total. The largest absolute Gasteiger partial charge is 0.344 e. The van der Waals surface area contributed by atoms with Crippen LogP contribution in [0.2, 0.25) is 0 Å². The summed E-state index contributed by atoms with van der Waals surface area (Å²) in [5.41, 5.74) is 2.47. The van der Waals surface area contributed by atoms with E-state index >= 15 is 0 Å². The lowest BCUT2D eigenvalue weighted by Gasteiger charge is -1.77. The molecule has 48 valence electrons. The Hall–Kier alpha value is -0.890. The zero-order valence-electron chi connectivity index (χ0n) is 5.02. The number of benzene rings is 1. The Morgan fingerprint density at radius 1 is 1.22 bits per heavy atom. The molecular weight excluding hydrogens is 117 g/mol. The van der Waals surface area contributed by atoms with E-state index in [0.717, 1.165) is 6.42 Å². The first kappa shape index (κ1) is 6.23. The molecule has 9 heavy (non-hydrogen) atoms. The molecule has 0 saturated heterocycles. The molecule has 0 radical (unpaired) electrons. The molecule has 1 aromatic carbocycles. The van der Waals surface area contributed by atoms with Crippen LogP contribution < -0.4 is 6.15 Å². The van der Waals surface area contributed by atoms with Crippen LogP contribution >= 0.6 is 0 Å². The first-order valence-corrected chi connectivity index (χ1v) is 2.63. The maximum atomic E-state index is 12.2. The van der Waals surface area contributed by atoms with Crippen LogP contribution in [0.3, 0.4) is 0 Å².